The Balaban J connectivity index is 3.39. The zero-order valence-corrected chi connectivity index (χ0v) is 6.89. The van der Waals surface area contributed by atoms with Gasteiger partial charge < -0.3 is 10.5 Å². The molecule has 2 N–H and O–H groups in total. The van der Waals surface area contributed by atoms with Gasteiger partial charge in [-0.25, -0.2) is 8.78 Å². The van der Waals surface area contributed by atoms with Crippen molar-refractivity contribution in [2.75, 3.05) is 13.2 Å². The highest BCUT2D eigenvalue weighted by Crippen LogP contribution is 2.03. The van der Waals surface area contributed by atoms with Gasteiger partial charge in [0.25, 0.3) is 6.43 Å². The van der Waals surface area contributed by atoms with Gasteiger partial charge in [-0.1, -0.05) is 0 Å². The fourth-order valence-corrected chi connectivity index (χ4v) is 0.513. The van der Waals surface area contributed by atoms with E-state index >= 15 is 0 Å². The molecule has 0 saturated heterocycles. The van der Waals surface area contributed by atoms with Gasteiger partial charge in [0.2, 0.25) is 0 Å². The van der Waals surface area contributed by atoms with Gasteiger partial charge >= 0.3 is 0 Å². The molecule has 0 spiro atoms. The first-order valence-corrected chi connectivity index (χ1v) is 3.54. The fourth-order valence-electron chi connectivity index (χ4n) is 0.513. The third kappa shape index (κ3) is 6.01. The Morgan fingerprint density at radius 2 is 2.25 bits per heavy atom. The highest BCUT2D eigenvalue weighted by Gasteiger charge is 2.16. The van der Waals surface area contributed by atoms with Crippen molar-refractivity contribution < 1.29 is 13.5 Å². The number of halogens is 2. The lowest BCUT2D eigenvalue weighted by Crippen LogP contribution is -2.35. The fraction of sp³-hybridized carbons (Fsp3) is 0.857. The van der Waals surface area contributed by atoms with Gasteiger partial charge in [0.1, 0.15) is 12.1 Å². The summed E-state index contributed by atoms with van der Waals surface area (Å²) in [6.07, 6.45) is -2.20. The van der Waals surface area contributed by atoms with Crippen LogP contribution in [0, 0.1) is 11.3 Å². The second kappa shape index (κ2) is 5.01. The molecule has 12 heavy (non-hydrogen) atoms. The number of nitriles is 1. The maximum Gasteiger partial charge on any atom is 0.261 e. The van der Waals surface area contributed by atoms with Gasteiger partial charge in [0, 0.05) is 13.0 Å². The van der Waals surface area contributed by atoms with Crippen LogP contribution in [0.25, 0.3) is 0 Å². The topological polar surface area (TPSA) is 59.0 Å². The molecule has 5 heteroatoms. The number of nitrogens with two attached hydrogens (primary N) is 1. The maximum absolute atomic E-state index is 11.5. The third-order valence-electron chi connectivity index (χ3n) is 1.26. The summed E-state index contributed by atoms with van der Waals surface area (Å²) in [5.41, 5.74) is 4.42. The molecule has 0 aromatic rings. The summed E-state index contributed by atoms with van der Waals surface area (Å²) in [6, 6.07) is 1.84. The summed E-state index contributed by atoms with van der Waals surface area (Å²) >= 11 is 0. The van der Waals surface area contributed by atoms with Crippen molar-refractivity contribution in [1.29, 1.82) is 5.26 Å². The van der Waals surface area contributed by atoms with E-state index in [9.17, 15) is 8.78 Å². The van der Waals surface area contributed by atoms with E-state index in [2.05, 4.69) is 4.74 Å². The first kappa shape index (κ1) is 11.3. The predicted molar refractivity (Wildman–Crippen MR) is 39.6 cm³/mol. The molecule has 70 valence electrons. The zero-order chi connectivity index (χ0) is 9.61. The van der Waals surface area contributed by atoms with Crippen LogP contribution >= 0.6 is 0 Å². The lowest BCUT2D eigenvalue weighted by molar-refractivity contribution is 0.0139. The minimum absolute atomic E-state index is 0.0882. The predicted octanol–water partition coefficient (Wildman–Crippen LogP) is 0.899. The van der Waals surface area contributed by atoms with Gasteiger partial charge in [0.05, 0.1) is 6.07 Å². The molecule has 0 saturated carbocycles. The summed E-state index contributed by atoms with van der Waals surface area (Å²) < 4.78 is 27.6. The Hall–Kier alpha value is -0.730. The molecule has 0 amide bonds. The van der Waals surface area contributed by atoms with E-state index in [1.54, 1.807) is 0 Å². The Kier molecular flexibility index (Phi) is 4.71. The zero-order valence-electron chi connectivity index (χ0n) is 6.89. The molecule has 0 aromatic heterocycles. The lowest BCUT2D eigenvalue weighted by atomic mass is 10.0. The summed E-state index contributed by atoms with van der Waals surface area (Å²) in [4.78, 5) is 0. The van der Waals surface area contributed by atoms with Crippen LogP contribution in [-0.4, -0.2) is 25.2 Å². The number of hydrogen-bond acceptors (Lipinski definition) is 3. The Morgan fingerprint density at radius 3 is 2.67 bits per heavy atom. The highest BCUT2D eigenvalue weighted by atomic mass is 19.3. The van der Waals surface area contributed by atoms with Gasteiger partial charge in [-0.15, -0.1) is 0 Å². The van der Waals surface area contributed by atoms with Gasteiger partial charge in [-0.05, 0) is 6.92 Å². The van der Waals surface area contributed by atoms with Crippen molar-refractivity contribution in [3.63, 3.8) is 0 Å². The molecule has 0 rings (SSSR count). The molecule has 0 aliphatic heterocycles. The van der Waals surface area contributed by atoms with Crippen LogP contribution in [0.15, 0.2) is 0 Å². The molecular weight excluding hydrogens is 166 g/mol. The molecule has 0 radical (unpaired) electrons. The average Bonchev–Trinajstić information content (AvgIpc) is 1.98. The molecule has 1 atom stereocenters. The molecular formula is C7H12F2N2O. The van der Waals surface area contributed by atoms with Gasteiger partial charge in [0.15, 0.2) is 0 Å². The standard InChI is InChI=1S/C7H12F2N2O/c1-7(11,5-10)2-3-12-4-6(8)9/h6H,2-4,11H2,1H3. The summed E-state index contributed by atoms with van der Waals surface area (Å²) in [5.74, 6) is 0. The summed E-state index contributed by atoms with van der Waals surface area (Å²) in [5, 5.41) is 8.42. The molecule has 0 aliphatic rings. The largest absolute Gasteiger partial charge is 0.375 e. The first-order valence-electron chi connectivity index (χ1n) is 3.54. The van der Waals surface area contributed by atoms with Crippen LogP contribution in [0.4, 0.5) is 8.78 Å². The van der Waals surface area contributed by atoms with Crippen LogP contribution in [0.5, 0.6) is 0 Å². The van der Waals surface area contributed by atoms with E-state index < -0.39 is 18.6 Å². The van der Waals surface area contributed by atoms with E-state index in [0.717, 1.165) is 0 Å². The van der Waals surface area contributed by atoms with Crippen molar-refractivity contribution >= 4 is 0 Å². The first-order chi connectivity index (χ1) is 5.48. The van der Waals surface area contributed by atoms with Crippen molar-refractivity contribution in [3.05, 3.63) is 0 Å². The van der Waals surface area contributed by atoms with E-state index in [1.807, 2.05) is 6.07 Å². The van der Waals surface area contributed by atoms with Crippen LogP contribution < -0.4 is 5.73 Å². The Bertz CT molecular complexity index is 165. The van der Waals surface area contributed by atoms with Crippen molar-refractivity contribution in [2.45, 2.75) is 25.3 Å². The van der Waals surface area contributed by atoms with Crippen LogP contribution in [-0.2, 0) is 4.74 Å². The van der Waals surface area contributed by atoms with Crippen LogP contribution in [0.3, 0.4) is 0 Å². The molecule has 0 aromatic carbocycles. The highest BCUT2D eigenvalue weighted by molar-refractivity contribution is 5.00. The monoisotopic (exact) mass is 178 g/mol. The SMILES string of the molecule is CC(N)(C#N)CCOCC(F)F. The number of rotatable bonds is 5. The molecule has 0 heterocycles. The molecule has 1 unspecified atom stereocenters. The average molecular weight is 178 g/mol. The van der Waals surface area contributed by atoms with Crippen LogP contribution in [0.2, 0.25) is 0 Å². The molecule has 0 fully saturated rings. The normalized spacial score (nSPS) is 15.7. The van der Waals surface area contributed by atoms with E-state index in [4.69, 9.17) is 11.0 Å². The number of hydrogen-bond donors (Lipinski definition) is 1. The minimum atomic E-state index is -2.46. The lowest BCUT2D eigenvalue weighted by Gasteiger charge is -2.14. The van der Waals surface area contributed by atoms with Crippen molar-refractivity contribution in [3.8, 4) is 6.07 Å². The van der Waals surface area contributed by atoms with Crippen LogP contribution in [0.1, 0.15) is 13.3 Å². The molecule has 3 nitrogen and oxygen atoms in total. The second-order valence-corrected chi connectivity index (χ2v) is 2.75. The summed E-state index contributed by atoms with van der Waals surface area (Å²) in [6.45, 7) is 1.02. The van der Waals surface area contributed by atoms with Crippen molar-refractivity contribution in [2.24, 2.45) is 5.73 Å². The molecule has 0 bridgehead atoms. The number of alkyl halides is 2. The third-order valence-corrected chi connectivity index (χ3v) is 1.26. The number of nitrogens with zero attached hydrogens (tertiary/aromatic N) is 1. The minimum Gasteiger partial charge on any atom is -0.375 e. The van der Waals surface area contributed by atoms with Crippen molar-refractivity contribution in [1.82, 2.24) is 0 Å². The number of ether oxygens (including phenoxy) is 1. The van der Waals surface area contributed by atoms with E-state index in [-0.39, 0.29) is 13.0 Å². The molecule has 0 aliphatic carbocycles. The summed E-state index contributed by atoms with van der Waals surface area (Å²) in [7, 11) is 0. The quantitative estimate of drug-likeness (QED) is 0.636. The Morgan fingerprint density at radius 1 is 1.67 bits per heavy atom. The Labute approximate surface area is 70.1 Å². The van der Waals surface area contributed by atoms with E-state index in [0.29, 0.717) is 0 Å². The van der Waals surface area contributed by atoms with Gasteiger partial charge in [-0.3, -0.25) is 0 Å². The maximum atomic E-state index is 11.5. The smallest absolute Gasteiger partial charge is 0.261 e. The van der Waals surface area contributed by atoms with Gasteiger partial charge in [-0.2, -0.15) is 5.26 Å². The second-order valence-electron chi connectivity index (χ2n) is 2.75. The van der Waals surface area contributed by atoms with E-state index in [1.165, 1.54) is 6.92 Å².